The summed E-state index contributed by atoms with van der Waals surface area (Å²) < 4.78 is 15.6. The molecule has 0 N–H and O–H groups in total. The van der Waals surface area contributed by atoms with Crippen LogP contribution in [0.15, 0.2) is 36.4 Å². The molecule has 2 rings (SSSR count). The van der Waals surface area contributed by atoms with Crippen LogP contribution >= 0.6 is 0 Å². The van der Waals surface area contributed by atoms with Crippen LogP contribution in [0.2, 0.25) is 0 Å². The quantitative estimate of drug-likeness (QED) is 0.808. The maximum Gasteiger partial charge on any atom is 0.323 e. The maximum absolute atomic E-state index is 5.49. The van der Waals surface area contributed by atoms with Crippen molar-refractivity contribution in [2.75, 3.05) is 14.2 Å². The Morgan fingerprint density at radius 1 is 0.944 bits per heavy atom. The summed E-state index contributed by atoms with van der Waals surface area (Å²) in [5.41, 5.74) is 1.04. The number of nitrogens with zero attached hydrogens (tertiary/aromatic N) is 2. The Bertz CT molecular complexity index is 481. The molecule has 18 heavy (non-hydrogen) atoms. The minimum absolute atomic E-state index is 0.232. The maximum atomic E-state index is 5.49. The van der Waals surface area contributed by atoms with Crippen molar-refractivity contribution in [2.24, 2.45) is 0 Å². The molecule has 0 unspecified atom stereocenters. The molecule has 1 aromatic carbocycles. The van der Waals surface area contributed by atoms with Gasteiger partial charge >= 0.3 is 6.01 Å². The normalized spacial score (nSPS) is 9.89. The Hall–Kier alpha value is -2.30. The number of hydrogen-bond donors (Lipinski definition) is 0. The standard InChI is InChI=1S/C13H14N2O3/c1-16-11-8-12(17-2)15-13(14-11)18-9-10-6-4-3-5-7-10/h3-8H,9H2,1-2H3. The molecule has 1 heterocycles. The average molecular weight is 246 g/mol. The van der Waals surface area contributed by atoms with Crippen molar-refractivity contribution in [2.45, 2.75) is 6.61 Å². The van der Waals surface area contributed by atoms with Crippen molar-refractivity contribution >= 4 is 0 Å². The SMILES string of the molecule is COc1cc(OC)nc(OCc2ccccc2)n1. The molecule has 5 nitrogen and oxygen atoms in total. The first-order valence-electron chi connectivity index (χ1n) is 5.45. The molecule has 2 aromatic rings. The van der Waals surface area contributed by atoms with Crippen LogP contribution < -0.4 is 14.2 Å². The smallest absolute Gasteiger partial charge is 0.323 e. The van der Waals surface area contributed by atoms with Crippen LogP contribution in [0.5, 0.6) is 17.8 Å². The number of benzene rings is 1. The van der Waals surface area contributed by atoms with Gasteiger partial charge in [0.1, 0.15) is 6.61 Å². The lowest BCUT2D eigenvalue weighted by Gasteiger charge is -2.07. The van der Waals surface area contributed by atoms with E-state index in [2.05, 4.69) is 9.97 Å². The molecule has 0 aliphatic rings. The van der Waals surface area contributed by atoms with E-state index in [1.54, 1.807) is 6.07 Å². The van der Waals surface area contributed by atoms with E-state index in [1.165, 1.54) is 14.2 Å². The molecular weight excluding hydrogens is 232 g/mol. The first-order valence-corrected chi connectivity index (χ1v) is 5.45. The van der Waals surface area contributed by atoms with E-state index in [-0.39, 0.29) is 6.01 Å². The molecular formula is C13H14N2O3. The highest BCUT2D eigenvalue weighted by molar-refractivity contribution is 5.23. The summed E-state index contributed by atoms with van der Waals surface area (Å²) in [4.78, 5) is 8.16. The van der Waals surface area contributed by atoms with Crippen LogP contribution in [-0.2, 0) is 6.61 Å². The van der Waals surface area contributed by atoms with Crippen molar-refractivity contribution in [3.8, 4) is 17.8 Å². The molecule has 0 aliphatic heterocycles. The number of methoxy groups -OCH3 is 2. The fraction of sp³-hybridized carbons (Fsp3) is 0.231. The third-order valence-electron chi connectivity index (χ3n) is 2.29. The Morgan fingerprint density at radius 3 is 2.11 bits per heavy atom. The van der Waals surface area contributed by atoms with Gasteiger partial charge in [-0.25, -0.2) is 0 Å². The summed E-state index contributed by atoms with van der Waals surface area (Å²) in [5, 5.41) is 0. The van der Waals surface area contributed by atoms with Gasteiger partial charge in [0.25, 0.3) is 0 Å². The highest BCUT2D eigenvalue weighted by Crippen LogP contribution is 2.19. The summed E-state index contributed by atoms with van der Waals surface area (Å²) in [5.74, 6) is 0.815. The van der Waals surface area contributed by atoms with Gasteiger partial charge in [-0.05, 0) is 5.56 Å². The van der Waals surface area contributed by atoms with Gasteiger partial charge in [-0.15, -0.1) is 0 Å². The van der Waals surface area contributed by atoms with Crippen LogP contribution in [0.4, 0.5) is 0 Å². The lowest BCUT2D eigenvalue weighted by molar-refractivity contribution is 0.266. The van der Waals surface area contributed by atoms with Crippen molar-refractivity contribution in [1.29, 1.82) is 0 Å². The minimum Gasteiger partial charge on any atom is -0.481 e. The molecule has 0 radical (unpaired) electrons. The van der Waals surface area contributed by atoms with E-state index in [9.17, 15) is 0 Å². The number of hydrogen-bond acceptors (Lipinski definition) is 5. The molecule has 0 saturated carbocycles. The Labute approximate surface area is 105 Å². The van der Waals surface area contributed by atoms with E-state index in [1.807, 2.05) is 30.3 Å². The van der Waals surface area contributed by atoms with E-state index in [0.29, 0.717) is 18.4 Å². The highest BCUT2D eigenvalue weighted by atomic mass is 16.5. The second kappa shape index (κ2) is 5.86. The molecule has 0 bridgehead atoms. The van der Waals surface area contributed by atoms with E-state index >= 15 is 0 Å². The largest absolute Gasteiger partial charge is 0.481 e. The van der Waals surface area contributed by atoms with Crippen molar-refractivity contribution < 1.29 is 14.2 Å². The number of ether oxygens (including phenoxy) is 3. The lowest BCUT2D eigenvalue weighted by Crippen LogP contribution is -2.02. The summed E-state index contributed by atoms with van der Waals surface area (Å²) in [6.07, 6.45) is 0. The molecule has 0 spiro atoms. The topological polar surface area (TPSA) is 53.5 Å². The molecule has 0 atom stereocenters. The van der Waals surface area contributed by atoms with Gasteiger partial charge in [0, 0.05) is 0 Å². The summed E-state index contributed by atoms with van der Waals surface area (Å²) in [7, 11) is 3.06. The zero-order valence-electron chi connectivity index (χ0n) is 10.3. The second-order valence-corrected chi connectivity index (χ2v) is 3.51. The molecule has 0 saturated heterocycles. The van der Waals surface area contributed by atoms with Crippen LogP contribution in [0.3, 0.4) is 0 Å². The van der Waals surface area contributed by atoms with Gasteiger partial charge in [-0.3, -0.25) is 0 Å². The lowest BCUT2D eigenvalue weighted by atomic mass is 10.2. The van der Waals surface area contributed by atoms with Crippen molar-refractivity contribution in [3.05, 3.63) is 42.0 Å². The van der Waals surface area contributed by atoms with Crippen LogP contribution in [0.1, 0.15) is 5.56 Å². The summed E-state index contributed by atoms with van der Waals surface area (Å²) >= 11 is 0. The Morgan fingerprint density at radius 2 is 1.56 bits per heavy atom. The molecule has 1 aromatic heterocycles. The fourth-order valence-corrected chi connectivity index (χ4v) is 1.38. The first-order chi connectivity index (χ1) is 8.81. The van der Waals surface area contributed by atoms with Crippen molar-refractivity contribution in [1.82, 2.24) is 9.97 Å². The molecule has 0 aliphatic carbocycles. The van der Waals surface area contributed by atoms with Gasteiger partial charge in [0.15, 0.2) is 0 Å². The first kappa shape index (κ1) is 12.2. The Balaban J connectivity index is 2.09. The zero-order valence-corrected chi connectivity index (χ0v) is 10.3. The summed E-state index contributed by atoms with van der Waals surface area (Å²) in [6.45, 7) is 0.400. The minimum atomic E-state index is 0.232. The highest BCUT2D eigenvalue weighted by Gasteiger charge is 2.06. The summed E-state index contributed by atoms with van der Waals surface area (Å²) in [6, 6.07) is 11.6. The monoisotopic (exact) mass is 246 g/mol. The predicted octanol–water partition coefficient (Wildman–Crippen LogP) is 2.07. The molecule has 94 valence electrons. The third-order valence-corrected chi connectivity index (χ3v) is 2.29. The second-order valence-electron chi connectivity index (χ2n) is 3.51. The molecule has 0 fully saturated rings. The van der Waals surface area contributed by atoms with Crippen molar-refractivity contribution in [3.63, 3.8) is 0 Å². The number of aromatic nitrogens is 2. The average Bonchev–Trinajstić information content (AvgIpc) is 2.45. The van der Waals surface area contributed by atoms with Crippen LogP contribution in [-0.4, -0.2) is 24.2 Å². The van der Waals surface area contributed by atoms with Gasteiger partial charge < -0.3 is 14.2 Å². The molecule has 5 heteroatoms. The third kappa shape index (κ3) is 3.10. The van der Waals surface area contributed by atoms with E-state index in [0.717, 1.165) is 5.56 Å². The van der Waals surface area contributed by atoms with Crippen LogP contribution in [0, 0.1) is 0 Å². The Kier molecular flexibility index (Phi) is 3.96. The van der Waals surface area contributed by atoms with Crippen LogP contribution in [0.25, 0.3) is 0 Å². The van der Waals surface area contributed by atoms with E-state index < -0.39 is 0 Å². The predicted molar refractivity (Wildman–Crippen MR) is 65.9 cm³/mol. The van der Waals surface area contributed by atoms with Gasteiger partial charge in [-0.2, -0.15) is 9.97 Å². The fourth-order valence-electron chi connectivity index (χ4n) is 1.38. The number of rotatable bonds is 5. The molecule has 0 amide bonds. The van der Waals surface area contributed by atoms with Gasteiger partial charge in [0.05, 0.1) is 20.3 Å². The van der Waals surface area contributed by atoms with Gasteiger partial charge in [-0.1, -0.05) is 30.3 Å². The zero-order chi connectivity index (χ0) is 12.8. The van der Waals surface area contributed by atoms with Gasteiger partial charge in [0.2, 0.25) is 11.8 Å². The van der Waals surface area contributed by atoms with E-state index in [4.69, 9.17) is 14.2 Å².